The molecule has 0 unspecified atom stereocenters. The summed E-state index contributed by atoms with van der Waals surface area (Å²) in [5.41, 5.74) is -0.471. The Balaban J connectivity index is 1.81. The maximum absolute atomic E-state index is 12.5. The highest BCUT2D eigenvalue weighted by molar-refractivity contribution is 7.99. The van der Waals surface area contributed by atoms with Gasteiger partial charge in [-0.15, -0.1) is 0 Å². The molecule has 8 nitrogen and oxygen atoms in total. The molecule has 2 aromatic heterocycles. The Hall–Kier alpha value is -2.23. The van der Waals surface area contributed by atoms with Crippen LogP contribution in [-0.2, 0) is 13.6 Å². The lowest BCUT2D eigenvalue weighted by Crippen LogP contribution is -2.30. The van der Waals surface area contributed by atoms with E-state index in [9.17, 15) is 14.7 Å². The first-order chi connectivity index (χ1) is 14.9. The van der Waals surface area contributed by atoms with E-state index in [1.54, 1.807) is 35.9 Å². The fourth-order valence-corrected chi connectivity index (χ4v) is 4.30. The number of unbranched alkanes of at least 4 members (excludes halogenated alkanes) is 3. The number of aromatic nitrogens is 4. The van der Waals surface area contributed by atoms with Crippen LogP contribution in [0.15, 0.2) is 39.0 Å². The fraction of sp³-hybridized carbons (Fsp3) is 0.476. The SMILES string of the molecule is CCCCCCSc1nc2c(c(=O)[nH]c(=O)n2C)n1C[C@@H](O)COc1ccc(Cl)cc1. The van der Waals surface area contributed by atoms with Crippen molar-refractivity contribution in [2.75, 3.05) is 12.4 Å². The number of hydrogen-bond acceptors (Lipinski definition) is 6. The fourth-order valence-electron chi connectivity index (χ4n) is 3.17. The molecule has 10 heteroatoms. The molecule has 0 aliphatic carbocycles. The number of imidazole rings is 1. The van der Waals surface area contributed by atoms with Gasteiger partial charge in [-0.3, -0.25) is 14.3 Å². The van der Waals surface area contributed by atoms with Crippen molar-refractivity contribution in [3.63, 3.8) is 0 Å². The second-order valence-corrected chi connectivity index (χ2v) is 8.82. The highest BCUT2D eigenvalue weighted by Gasteiger charge is 2.20. The van der Waals surface area contributed by atoms with E-state index >= 15 is 0 Å². The van der Waals surface area contributed by atoms with E-state index in [4.69, 9.17) is 16.3 Å². The Morgan fingerprint density at radius 1 is 1.23 bits per heavy atom. The van der Waals surface area contributed by atoms with Crippen LogP contribution < -0.4 is 16.0 Å². The van der Waals surface area contributed by atoms with Crippen LogP contribution in [0.25, 0.3) is 11.2 Å². The number of benzene rings is 1. The molecule has 0 aliphatic rings. The van der Waals surface area contributed by atoms with Crippen LogP contribution in [0.3, 0.4) is 0 Å². The lowest BCUT2D eigenvalue weighted by Gasteiger charge is -2.15. The summed E-state index contributed by atoms with van der Waals surface area (Å²) in [6.07, 6.45) is 3.59. The van der Waals surface area contributed by atoms with Crippen LogP contribution in [0.2, 0.25) is 5.02 Å². The Kier molecular flexibility index (Phi) is 8.22. The molecule has 3 rings (SSSR count). The third-order valence-electron chi connectivity index (χ3n) is 4.85. The number of H-pyrrole nitrogens is 1. The molecule has 1 atom stereocenters. The van der Waals surface area contributed by atoms with E-state index in [1.807, 2.05) is 0 Å². The Labute approximate surface area is 189 Å². The van der Waals surface area contributed by atoms with E-state index in [-0.39, 0.29) is 18.7 Å². The van der Waals surface area contributed by atoms with E-state index in [1.165, 1.54) is 22.7 Å². The number of nitrogens with zero attached hydrogens (tertiary/aromatic N) is 3. The predicted octanol–water partition coefficient (Wildman–Crippen LogP) is 3.19. The number of aryl methyl sites for hydroxylation is 1. The van der Waals surface area contributed by atoms with Crippen LogP contribution in [0, 0.1) is 0 Å². The number of aliphatic hydroxyl groups is 1. The predicted molar refractivity (Wildman–Crippen MR) is 123 cm³/mol. The molecule has 2 heterocycles. The molecule has 0 saturated carbocycles. The molecule has 1 aromatic carbocycles. The minimum absolute atomic E-state index is 0.0333. The molecule has 3 aromatic rings. The van der Waals surface area contributed by atoms with Gasteiger partial charge in [-0.05, 0) is 30.7 Å². The Morgan fingerprint density at radius 2 is 1.97 bits per heavy atom. The van der Waals surface area contributed by atoms with Gasteiger partial charge in [0.25, 0.3) is 5.56 Å². The molecule has 2 N–H and O–H groups in total. The van der Waals surface area contributed by atoms with Gasteiger partial charge in [0.05, 0.1) is 6.54 Å². The third-order valence-corrected chi connectivity index (χ3v) is 6.17. The van der Waals surface area contributed by atoms with E-state index in [2.05, 4.69) is 16.9 Å². The van der Waals surface area contributed by atoms with Crippen molar-refractivity contribution in [3.05, 3.63) is 50.1 Å². The Bertz CT molecular complexity index is 1120. The molecule has 0 saturated heterocycles. The first-order valence-electron chi connectivity index (χ1n) is 10.3. The molecular weight excluding hydrogens is 440 g/mol. The minimum Gasteiger partial charge on any atom is -0.491 e. The summed E-state index contributed by atoms with van der Waals surface area (Å²) in [6, 6.07) is 6.86. The van der Waals surface area contributed by atoms with E-state index in [0.717, 1.165) is 25.0 Å². The van der Waals surface area contributed by atoms with Gasteiger partial charge in [0.1, 0.15) is 18.5 Å². The van der Waals surface area contributed by atoms with Crippen molar-refractivity contribution in [3.8, 4) is 5.75 Å². The van der Waals surface area contributed by atoms with Gasteiger partial charge >= 0.3 is 5.69 Å². The van der Waals surface area contributed by atoms with E-state index < -0.39 is 17.4 Å². The molecule has 0 spiro atoms. The number of nitrogens with one attached hydrogen (secondary N) is 1. The number of ether oxygens (including phenoxy) is 1. The summed E-state index contributed by atoms with van der Waals surface area (Å²) in [5, 5.41) is 11.8. The van der Waals surface area contributed by atoms with Gasteiger partial charge in [-0.1, -0.05) is 49.5 Å². The smallest absolute Gasteiger partial charge is 0.329 e. The first-order valence-corrected chi connectivity index (χ1v) is 11.7. The van der Waals surface area contributed by atoms with Gasteiger partial charge in [0.2, 0.25) is 0 Å². The summed E-state index contributed by atoms with van der Waals surface area (Å²) >= 11 is 7.40. The van der Waals surface area contributed by atoms with Crippen molar-refractivity contribution in [2.45, 2.75) is 50.4 Å². The zero-order chi connectivity index (χ0) is 22.4. The number of hydrogen-bond donors (Lipinski definition) is 2. The number of rotatable bonds is 11. The zero-order valence-corrected chi connectivity index (χ0v) is 19.2. The molecule has 0 radical (unpaired) electrons. The highest BCUT2D eigenvalue weighted by atomic mass is 35.5. The summed E-state index contributed by atoms with van der Waals surface area (Å²) in [5.74, 6) is 1.43. The maximum atomic E-state index is 12.5. The molecule has 0 bridgehead atoms. The quantitative estimate of drug-likeness (QED) is 0.332. The molecule has 31 heavy (non-hydrogen) atoms. The average Bonchev–Trinajstić information content (AvgIpc) is 3.10. The summed E-state index contributed by atoms with van der Waals surface area (Å²) in [7, 11) is 1.56. The highest BCUT2D eigenvalue weighted by Crippen LogP contribution is 2.23. The summed E-state index contributed by atoms with van der Waals surface area (Å²) in [4.78, 5) is 31.4. The normalized spacial score (nSPS) is 12.4. The molecule has 0 aliphatic heterocycles. The first kappa shape index (κ1) is 23.4. The summed E-state index contributed by atoms with van der Waals surface area (Å²) < 4.78 is 8.62. The number of fused-ring (bicyclic) bond motifs is 1. The number of thioether (sulfide) groups is 1. The summed E-state index contributed by atoms with van der Waals surface area (Å²) in [6.45, 7) is 2.31. The maximum Gasteiger partial charge on any atom is 0.329 e. The second-order valence-electron chi connectivity index (χ2n) is 7.32. The van der Waals surface area contributed by atoms with Crippen molar-refractivity contribution in [2.24, 2.45) is 7.05 Å². The Morgan fingerprint density at radius 3 is 2.68 bits per heavy atom. The van der Waals surface area contributed by atoms with Crippen LogP contribution in [0.5, 0.6) is 5.75 Å². The molecule has 0 amide bonds. The van der Waals surface area contributed by atoms with Gasteiger partial charge in [0, 0.05) is 17.8 Å². The standard InChI is InChI=1S/C21H27ClN4O4S/c1-3-4-5-6-11-31-21-23-18-17(19(28)24-20(29)25(18)2)26(21)12-15(27)13-30-16-9-7-14(22)8-10-16/h7-10,15,27H,3-6,11-13H2,1-2H3,(H,24,28,29)/t15-/m1/s1. The monoisotopic (exact) mass is 466 g/mol. The molecule has 168 valence electrons. The van der Waals surface area contributed by atoms with Crippen molar-refractivity contribution in [1.82, 2.24) is 19.1 Å². The van der Waals surface area contributed by atoms with Crippen LogP contribution >= 0.6 is 23.4 Å². The van der Waals surface area contributed by atoms with Crippen molar-refractivity contribution < 1.29 is 9.84 Å². The second kappa shape index (κ2) is 10.9. The lowest BCUT2D eigenvalue weighted by atomic mass is 10.2. The molecule has 0 fully saturated rings. The number of aromatic amines is 1. The van der Waals surface area contributed by atoms with Gasteiger partial charge in [0.15, 0.2) is 16.3 Å². The van der Waals surface area contributed by atoms with Crippen molar-refractivity contribution >= 4 is 34.5 Å². The van der Waals surface area contributed by atoms with Gasteiger partial charge in [-0.2, -0.15) is 0 Å². The van der Waals surface area contributed by atoms with Crippen LogP contribution in [-0.4, -0.2) is 42.7 Å². The average molecular weight is 467 g/mol. The minimum atomic E-state index is -0.885. The molecular formula is C21H27ClN4O4S. The van der Waals surface area contributed by atoms with E-state index in [0.29, 0.717) is 21.6 Å². The van der Waals surface area contributed by atoms with Crippen molar-refractivity contribution in [1.29, 1.82) is 0 Å². The largest absolute Gasteiger partial charge is 0.491 e. The number of halogens is 1. The van der Waals surface area contributed by atoms with Gasteiger partial charge in [-0.25, -0.2) is 9.78 Å². The lowest BCUT2D eigenvalue weighted by molar-refractivity contribution is 0.0914. The van der Waals surface area contributed by atoms with Crippen LogP contribution in [0.1, 0.15) is 32.6 Å². The zero-order valence-electron chi connectivity index (χ0n) is 17.6. The number of aliphatic hydroxyl groups excluding tert-OH is 1. The topological polar surface area (TPSA) is 102 Å². The van der Waals surface area contributed by atoms with Crippen LogP contribution in [0.4, 0.5) is 0 Å². The third kappa shape index (κ3) is 5.93. The van der Waals surface area contributed by atoms with Gasteiger partial charge < -0.3 is 14.4 Å².